The largest absolute Gasteiger partial charge is 0.469 e. The molecule has 0 radical (unpaired) electrons. The van der Waals surface area contributed by atoms with Gasteiger partial charge in [-0.1, -0.05) is 0 Å². The molecule has 1 aliphatic heterocycles. The molecule has 13 heavy (non-hydrogen) atoms. The van der Waals surface area contributed by atoms with E-state index < -0.39 is 0 Å². The number of methoxy groups -OCH3 is 1. The van der Waals surface area contributed by atoms with Gasteiger partial charge < -0.3 is 10.5 Å². The molecular weight excluding hydrogens is 186 g/mol. The zero-order chi connectivity index (χ0) is 9.90. The maximum atomic E-state index is 11.2. The Morgan fingerprint density at radius 2 is 2.46 bits per heavy atom. The minimum Gasteiger partial charge on any atom is -0.469 e. The monoisotopic (exact) mass is 203 g/mol. The number of esters is 1. The predicted molar refractivity (Wildman–Crippen MR) is 54.7 cm³/mol. The molecule has 3 nitrogen and oxygen atoms in total. The lowest BCUT2D eigenvalue weighted by atomic mass is 9.78. The first kappa shape index (κ1) is 10.9. The quantitative estimate of drug-likeness (QED) is 0.696. The van der Waals surface area contributed by atoms with Crippen molar-refractivity contribution in [2.24, 2.45) is 11.1 Å². The maximum Gasteiger partial charge on any atom is 0.306 e. The number of carbonyl (C=O) groups excluding carboxylic acids is 1. The standard InChI is InChI=1S/C9H17NO2S/c1-7(10)9(3-4-13-6-9)5-8(11)12-2/h7H,3-6,10H2,1-2H3. The first-order valence-corrected chi connectivity index (χ1v) is 5.66. The summed E-state index contributed by atoms with van der Waals surface area (Å²) in [7, 11) is 1.43. The molecule has 0 aliphatic carbocycles. The highest BCUT2D eigenvalue weighted by Gasteiger charge is 2.40. The second kappa shape index (κ2) is 4.33. The van der Waals surface area contributed by atoms with Gasteiger partial charge in [0.2, 0.25) is 0 Å². The number of thioether (sulfide) groups is 1. The highest BCUT2D eigenvalue weighted by molar-refractivity contribution is 7.99. The third kappa shape index (κ3) is 2.38. The van der Waals surface area contributed by atoms with Crippen LogP contribution in [0.15, 0.2) is 0 Å². The number of nitrogens with two attached hydrogens (primary N) is 1. The smallest absolute Gasteiger partial charge is 0.306 e. The van der Waals surface area contributed by atoms with E-state index in [1.54, 1.807) is 0 Å². The average molecular weight is 203 g/mol. The summed E-state index contributed by atoms with van der Waals surface area (Å²) in [4.78, 5) is 11.2. The summed E-state index contributed by atoms with van der Waals surface area (Å²) in [5, 5.41) is 0. The van der Waals surface area contributed by atoms with Crippen LogP contribution < -0.4 is 5.73 Å². The molecule has 0 bridgehead atoms. The molecule has 0 spiro atoms. The van der Waals surface area contributed by atoms with Gasteiger partial charge in [0, 0.05) is 17.2 Å². The van der Waals surface area contributed by atoms with Crippen molar-refractivity contribution in [1.29, 1.82) is 0 Å². The fraction of sp³-hybridized carbons (Fsp3) is 0.889. The van der Waals surface area contributed by atoms with Crippen molar-refractivity contribution >= 4 is 17.7 Å². The summed E-state index contributed by atoms with van der Waals surface area (Å²) in [5.41, 5.74) is 5.90. The van der Waals surface area contributed by atoms with Crippen molar-refractivity contribution in [3.63, 3.8) is 0 Å². The minimum atomic E-state index is -0.139. The molecule has 2 unspecified atom stereocenters. The molecule has 4 heteroatoms. The fourth-order valence-corrected chi connectivity index (χ4v) is 3.25. The van der Waals surface area contributed by atoms with Crippen LogP contribution in [0.5, 0.6) is 0 Å². The SMILES string of the molecule is COC(=O)CC1(C(C)N)CCSC1. The van der Waals surface area contributed by atoms with Crippen molar-refractivity contribution in [3.8, 4) is 0 Å². The number of rotatable bonds is 3. The van der Waals surface area contributed by atoms with E-state index in [2.05, 4.69) is 4.74 Å². The summed E-state index contributed by atoms with van der Waals surface area (Å²) < 4.78 is 4.68. The highest BCUT2D eigenvalue weighted by Crippen LogP contribution is 2.41. The lowest BCUT2D eigenvalue weighted by molar-refractivity contribution is -0.143. The summed E-state index contributed by atoms with van der Waals surface area (Å²) in [6.07, 6.45) is 1.50. The van der Waals surface area contributed by atoms with Crippen LogP contribution >= 0.6 is 11.8 Å². The van der Waals surface area contributed by atoms with Crippen LogP contribution in [0.4, 0.5) is 0 Å². The van der Waals surface area contributed by atoms with Crippen LogP contribution in [0.3, 0.4) is 0 Å². The Labute approximate surface area is 83.4 Å². The van der Waals surface area contributed by atoms with E-state index >= 15 is 0 Å². The lowest BCUT2D eigenvalue weighted by Gasteiger charge is -2.30. The lowest BCUT2D eigenvalue weighted by Crippen LogP contribution is -2.41. The van der Waals surface area contributed by atoms with Crippen LogP contribution in [0, 0.1) is 5.41 Å². The van der Waals surface area contributed by atoms with E-state index in [4.69, 9.17) is 5.73 Å². The number of carbonyl (C=O) groups is 1. The second-order valence-corrected chi connectivity index (χ2v) is 4.81. The molecule has 1 fully saturated rings. The summed E-state index contributed by atoms with van der Waals surface area (Å²) in [6.45, 7) is 1.98. The van der Waals surface area contributed by atoms with Crippen LogP contribution in [0.1, 0.15) is 19.8 Å². The molecule has 0 aromatic heterocycles. The normalized spacial score (nSPS) is 30.1. The third-order valence-electron chi connectivity index (χ3n) is 2.82. The summed E-state index contributed by atoms with van der Waals surface area (Å²) >= 11 is 1.87. The molecule has 0 saturated carbocycles. The molecule has 1 heterocycles. The molecule has 1 saturated heterocycles. The van der Waals surface area contributed by atoms with Gasteiger partial charge in [-0.15, -0.1) is 0 Å². The molecule has 1 rings (SSSR count). The van der Waals surface area contributed by atoms with Crippen LogP contribution in [0.25, 0.3) is 0 Å². The second-order valence-electron chi connectivity index (χ2n) is 3.71. The number of ether oxygens (including phenoxy) is 1. The topological polar surface area (TPSA) is 52.3 Å². The molecular formula is C9H17NO2S. The first-order valence-electron chi connectivity index (χ1n) is 4.51. The molecule has 2 atom stereocenters. The van der Waals surface area contributed by atoms with Gasteiger partial charge in [-0.05, 0) is 19.1 Å². The Morgan fingerprint density at radius 3 is 2.85 bits per heavy atom. The third-order valence-corrected chi connectivity index (χ3v) is 4.10. The van der Waals surface area contributed by atoms with Gasteiger partial charge in [0.25, 0.3) is 0 Å². The molecule has 0 amide bonds. The minimum absolute atomic E-state index is 0.0161. The van der Waals surface area contributed by atoms with Crippen molar-refractivity contribution in [2.45, 2.75) is 25.8 Å². The van der Waals surface area contributed by atoms with Gasteiger partial charge in [0.05, 0.1) is 13.5 Å². The van der Waals surface area contributed by atoms with E-state index in [9.17, 15) is 4.79 Å². The zero-order valence-corrected chi connectivity index (χ0v) is 9.02. The molecule has 0 aromatic carbocycles. The van der Waals surface area contributed by atoms with E-state index in [0.717, 1.165) is 17.9 Å². The molecule has 0 aromatic rings. The Morgan fingerprint density at radius 1 is 1.77 bits per heavy atom. The van der Waals surface area contributed by atoms with Gasteiger partial charge >= 0.3 is 5.97 Å². The van der Waals surface area contributed by atoms with Crippen LogP contribution in [-0.4, -0.2) is 30.6 Å². The van der Waals surface area contributed by atoms with E-state index in [1.807, 2.05) is 18.7 Å². The van der Waals surface area contributed by atoms with Gasteiger partial charge in [-0.25, -0.2) is 0 Å². The summed E-state index contributed by atoms with van der Waals surface area (Å²) in [5.74, 6) is 1.96. The van der Waals surface area contributed by atoms with Crippen molar-refractivity contribution < 1.29 is 9.53 Å². The van der Waals surface area contributed by atoms with Gasteiger partial charge in [0.15, 0.2) is 0 Å². The predicted octanol–water partition coefficient (Wildman–Crippen LogP) is 1.02. The molecule has 1 aliphatic rings. The zero-order valence-electron chi connectivity index (χ0n) is 8.21. The first-order chi connectivity index (χ1) is 6.10. The number of hydrogen-bond acceptors (Lipinski definition) is 4. The van der Waals surface area contributed by atoms with E-state index in [0.29, 0.717) is 6.42 Å². The summed E-state index contributed by atoms with van der Waals surface area (Å²) in [6, 6.07) is 0.0709. The van der Waals surface area contributed by atoms with Crippen LogP contribution in [-0.2, 0) is 9.53 Å². The Bertz CT molecular complexity index is 188. The van der Waals surface area contributed by atoms with Crippen molar-refractivity contribution in [2.75, 3.05) is 18.6 Å². The van der Waals surface area contributed by atoms with Gasteiger partial charge in [-0.3, -0.25) is 4.79 Å². The van der Waals surface area contributed by atoms with Crippen molar-refractivity contribution in [3.05, 3.63) is 0 Å². The molecule has 2 N–H and O–H groups in total. The van der Waals surface area contributed by atoms with Gasteiger partial charge in [0.1, 0.15) is 0 Å². The number of hydrogen-bond donors (Lipinski definition) is 1. The average Bonchev–Trinajstić information content (AvgIpc) is 2.54. The Kier molecular flexibility index (Phi) is 3.62. The highest BCUT2D eigenvalue weighted by atomic mass is 32.2. The Hall–Kier alpha value is -0.220. The Balaban J connectivity index is 2.62. The van der Waals surface area contributed by atoms with Crippen molar-refractivity contribution in [1.82, 2.24) is 0 Å². The maximum absolute atomic E-state index is 11.2. The van der Waals surface area contributed by atoms with Gasteiger partial charge in [-0.2, -0.15) is 11.8 Å². The fourth-order valence-electron chi connectivity index (χ4n) is 1.64. The van der Waals surface area contributed by atoms with E-state index in [-0.39, 0.29) is 17.4 Å². The van der Waals surface area contributed by atoms with Crippen LogP contribution in [0.2, 0.25) is 0 Å². The molecule has 76 valence electrons. The van der Waals surface area contributed by atoms with E-state index in [1.165, 1.54) is 7.11 Å².